The second-order valence-electron chi connectivity index (χ2n) is 8.05. The maximum Gasteiger partial charge on any atom is 0.264 e. The summed E-state index contributed by atoms with van der Waals surface area (Å²) in [5, 5.41) is 2.52. The Kier molecular flexibility index (Phi) is 9.11. The summed E-state index contributed by atoms with van der Waals surface area (Å²) in [5.41, 5.74) is 0.353. The van der Waals surface area contributed by atoms with Crippen molar-refractivity contribution < 1.29 is 26.4 Å². The Morgan fingerprint density at radius 1 is 0.947 bits per heavy atom. The fraction of sp³-hybridized carbons (Fsp3) is 0.160. The van der Waals surface area contributed by atoms with Crippen LogP contribution in [0.5, 0.6) is 5.75 Å². The predicted octanol–water partition coefficient (Wildman–Crippen LogP) is 4.89. The number of nitrogens with zero attached hydrogens (tertiary/aromatic N) is 2. The summed E-state index contributed by atoms with van der Waals surface area (Å²) in [5.74, 6) is -0.193. The third-order valence-corrected chi connectivity index (χ3v) is 9.79. The molecule has 202 valence electrons. The zero-order valence-electron chi connectivity index (χ0n) is 20.7. The van der Waals surface area contributed by atoms with Gasteiger partial charge in [0.2, 0.25) is 10.0 Å². The minimum atomic E-state index is -4.14. The molecule has 0 radical (unpaired) electrons. The molecule has 1 amide bonds. The summed E-state index contributed by atoms with van der Waals surface area (Å²) < 4.78 is 59.5. The van der Waals surface area contributed by atoms with E-state index in [2.05, 4.69) is 11.9 Å². The van der Waals surface area contributed by atoms with Crippen LogP contribution in [0.2, 0.25) is 10.0 Å². The number of anilines is 2. The minimum absolute atomic E-state index is 0.00346. The molecule has 0 heterocycles. The first kappa shape index (κ1) is 29.5. The Labute approximate surface area is 232 Å². The number of halogens is 2. The summed E-state index contributed by atoms with van der Waals surface area (Å²) in [6, 6.07) is 14.1. The first-order valence-corrected chi connectivity index (χ1v) is 14.6. The first-order chi connectivity index (χ1) is 17.8. The maximum absolute atomic E-state index is 13.6. The van der Waals surface area contributed by atoms with E-state index in [-0.39, 0.29) is 37.6 Å². The third-order valence-electron chi connectivity index (χ3n) is 5.37. The summed E-state index contributed by atoms with van der Waals surface area (Å²) in [7, 11) is -3.83. The molecule has 0 saturated heterocycles. The number of carbonyl (C=O) groups is 1. The Bertz CT molecular complexity index is 1580. The molecule has 3 aromatic carbocycles. The quantitative estimate of drug-likeness (QED) is 0.333. The molecule has 3 rings (SSSR count). The molecular weight excluding hydrogens is 573 g/mol. The van der Waals surface area contributed by atoms with Crippen molar-refractivity contribution in [2.75, 3.05) is 37.4 Å². The summed E-state index contributed by atoms with van der Waals surface area (Å²) >= 11 is 12.3. The average Bonchev–Trinajstić information content (AvgIpc) is 2.88. The van der Waals surface area contributed by atoms with Crippen LogP contribution in [0.15, 0.2) is 83.1 Å². The Morgan fingerprint density at radius 3 is 2.16 bits per heavy atom. The van der Waals surface area contributed by atoms with Crippen LogP contribution in [0.25, 0.3) is 0 Å². The van der Waals surface area contributed by atoms with Crippen LogP contribution in [0.4, 0.5) is 11.4 Å². The number of amides is 1. The molecule has 0 aliphatic heterocycles. The van der Waals surface area contributed by atoms with Gasteiger partial charge >= 0.3 is 0 Å². The second-order valence-corrected chi connectivity index (χ2v) is 12.8. The number of ether oxygens (including phenoxy) is 1. The number of methoxy groups -OCH3 is 1. The second kappa shape index (κ2) is 11.7. The Hall–Kier alpha value is -3.09. The summed E-state index contributed by atoms with van der Waals surface area (Å²) in [6.07, 6.45) is 1.44. The van der Waals surface area contributed by atoms with Crippen molar-refractivity contribution in [1.29, 1.82) is 0 Å². The lowest BCUT2D eigenvalue weighted by atomic mass is 10.2. The monoisotopic (exact) mass is 597 g/mol. The van der Waals surface area contributed by atoms with Crippen LogP contribution in [0.3, 0.4) is 0 Å². The predicted molar refractivity (Wildman–Crippen MR) is 149 cm³/mol. The minimum Gasteiger partial charge on any atom is -0.497 e. The van der Waals surface area contributed by atoms with E-state index >= 15 is 0 Å². The third kappa shape index (κ3) is 6.13. The van der Waals surface area contributed by atoms with E-state index in [9.17, 15) is 21.6 Å². The molecule has 0 saturated carbocycles. The highest BCUT2D eigenvalue weighted by atomic mass is 35.5. The smallest absolute Gasteiger partial charge is 0.264 e. The molecule has 3 aromatic rings. The van der Waals surface area contributed by atoms with Gasteiger partial charge in [0.1, 0.15) is 10.6 Å². The largest absolute Gasteiger partial charge is 0.497 e. The van der Waals surface area contributed by atoms with Gasteiger partial charge in [0.25, 0.3) is 15.9 Å². The number of rotatable bonds is 10. The zero-order valence-corrected chi connectivity index (χ0v) is 23.8. The SMILES string of the molecule is C=CCN(c1ccc(OC)cc1)S(=O)(=O)c1ccc(Cl)c(C(=O)Nc2ccc(Cl)c(S(=O)(=O)N(C)C)c2)c1. The molecule has 13 heteroatoms. The van der Waals surface area contributed by atoms with Crippen LogP contribution >= 0.6 is 23.2 Å². The van der Waals surface area contributed by atoms with Gasteiger partial charge in [-0.15, -0.1) is 6.58 Å². The fourth-order valence-electron chi connectivity index (χ4n) is 3.35. The van der Waals surface area contributed by atoms with Gasteiger partial charge in [0.15, 0.2) is 0 Å². The van der Waals surface area contributed by atoms with Gasteiger partial charge in [0.05, 0.1) is 39.8 Å². The molecular formula is C25H25Cl2N3O6S2. The number of hydrogen-bond acceptors (Lipinski definition) is 6. The van der Waals surface area contributed by atoms with Crippen molar-refractivity contribution in [3.63, 3.8) is 0 Å². The maximum atomic E-state index is 13.6. The van der Waals surface area contributed by atoms with E-state index < -0.39 is 26.0 Å². The molecule has 0 bridgehead atoms. The molecule has 38 heavy (non-hydrogen) atoms. The number of nitrogens with one attached hydrogen (secondary N) is 1. The molecule has 0 aliphatic carbocycles. The Morgan fingerprint density at radius 2 is 1.58 bits per heavy atom. The standard InChI is InChI=1S/C25H25Cl2N3O6S2/c1-5-14-30(18-7-9-19(36-4)10-8-18)37(32,33)20-11-13-22(26)21(16-20)25(31)28-17-6-12-23(27)24(15-17)38(34,35)29(2)3/h5-13,15-16H,1,14H2,2-4H3,(H,28,31). The number of carbonyl (C=O) groups excluding carboxylic acids is 1. The van der Waals surface area contributed by atoms with Gasteiger partial charge in [-0.05, 0) is 60.7 Å². The van der Waals surface area contributed by atoms with E-state index in [0.717, 1.165) is 14.7 Å². The van der Waals surface area contributed by atoms with Gasteiger partial charge in [0, 0.05) is 19.8 Å². The van der Waals surface area contributed by atoms with Crippen LogP contribution in [-0.2, 0) is 20.0 Å². The van der Waals surface area contributed by atoms with Crippen molar-refractivity contribution in [2.45, 2.75) is 9.79 Å². The molecule has 1 N–H and O–H groups in total. The van der Waals surface area contributed by atoms with Crippen molar-refractivity contribution in [3.8, 4) is 5.75 Å². The molecule has 0 aliphatic rings. The lowest BCUT2D eigenvalue weighted by molar-refractivity contribution is 0.102. The topological polar surface area (TPSA) is 113 Å². The van der Waals surface area contributed by atoms with E-state index in [0.29, 0.717) is 11.4 Å². The van der Waals surface area contributed by atoms with Gasteiger partial charge in [-0.25, -0.2) is 21.1 Å². The van der Waals surface area contributed by atoms with Crippen molar-refractivity contribution in [1.82, 2.24) is 4.31 Å². The highest BCUT2D eigenvalue weighted by Crippen LogP contribution is 2.30. The summed E-state index contributed by atoms with van der Waals surface area (Å²) in [4.78, 5) is 12.7. The highest BCUT2D eigenvalue weighted by Gasteiger charge is 2.27. The van der Waals surface area contributed by atoms with Crippen molar-refractivity contribution in [3.05, 3.63) is 88.9 Å². The van der Waals surface area contributed by atoms with E-state index in [1.807, 2.05) is 0 Å². The van der Waals surface area contributed by atoms with Crippen molar-refractivity contribution in [2.24, 2.45) is 0 Å². The molecule has 0 aromatic heterocycles. The number of hydrogen-bond donors (Lipinski definition) is 1. The van der Waals surface area contributed by atoms with Crippen LogP contribution in [0.1, 0.15) is 10.4 Å². The van der Waals surface area contributed by atoms with Crippen molar-refractivity contribution >= 4 is 60.5 Å². The normalized spacial score (nSPS) is 11.7. The van der Waals surface area contributed by atoms with E-state index in [1.165, 1.54) is 57.6 Å². The highest BCUT2D eigenvalue weighted by molar-refractivity contribution is 7.92. The molecule has 0 spiro atoms. The zero-order chi connectivity index (χ0) is 28.3. The van der Waals surface area contributed by atoms with Gasteiger partial charge in [-0.2, -0.15) is 0 Å². The van der Waals surface area contributed by atoms with Gasteiger partial charge < -0.3 is 10.1 Å². The molecule has 9 nitrogen and oxygen atoms in total. The van der Waals surface area contributed by atoms with Crippen LogP contribution in [0, 0.1) is 0 Å². The Balaban J connectivity index is 1.98. The number of benzene rings is 3. The number of sulfonamides is 2. The molecule has 0 atom stereocenters. The first-order valence-electron chi connectivity index (χ1n) is 10.9. The molecule has 0 fully saturated rings. The van der Waals surface area contributed by atoms with Crippen LogP contribution < -0.4 is 14.4 Å². The van der Waals surface area contributed by atoms with Crippen LogP contribution in [-0.4, -0.2) is 54.8 Å². The fourth-order valence-corrected chi connectivity index (χ4v) is 6.41. The lowest BCUT2D eigenvalue weighted by Gasteiger charge is -2.23. The van der Waals surface area contributed by atoms with E-state index in [1.54, 1.807) is 24.3 Å². The lowest BCUT2D eigenvalue weighted by Crippen LogP contribution is -2.31. The van der Waals surface area contributed by atoms with Gasteiger partial charge in [-0.3, -0.25) is 9.10 Å². The van der Waals surface area contributed by atoms with E-state index in [4.69, 9.17) is 27.9 Å². The molecule has 0 unspecified atom stereocenters. The summed E-state index contributed by atoms with van der Waals surface area (Å²) in [6.45, 7) is 3.61. The van der Waals surface area contributed by atoms with Gasteiger partial charge in [-0.1, -0.05) is 29.3 Å². The average molecular weight is 599 g/mol.